The van der Waals surface area contributed by atoms with Crippen LogP contribution in [0.25, 0.3) is 0 Å². The minimum atomic E-state index is -0.494. The molecule has 2 N–H and O–H groups in total. The number of thioether (sulfide) groups is 1. The summed E-state index contributed by atoms with van der Waals surface area (Å²) >= 11 is 7.65. The molecule has 0 aromatic heterocycles. The molecule has 2 rings (SSSR count). The minimum Gasteiger partial charge on any atom is -0.360 e. The van der Waals surface area contributed by atoms with Gasteiger partial charge in [0.15, 0.2) is 0 Å². The Labute approximate surface area is 150 Å². The molecule has 0 bridgehead atoms. The van der Waals surface area contributed by atoms with Crippen LogP contribution < -0.4 is 10.6 Å². The van der Waals surface area contributed by atoms with Crippen LogP contribution in [0.2, 0.25) is 5.02 Å². The Morgan fingerprint density at radius 2 is 2.04 bits per heavy atom. The van der Waals surface area contributed by atoms with Crippen LogP contribution in [0.1, 0.15) is 5.56 Å². The third-order valence-electron chi connectivity index (χ3n) is 3.25. The lowest BCUT2D eigenvalue weighted by molar-refractivity contribution is -0.112. The van der Waals surface area contributed by atoms with E-state index in [4.69, 9.17) is 11.6 Å². The van der Waals surface area contributed by atoms with Gasteiger partial charge in [0.1, 0.15) is 11.6 Å². The summed E-state index contributed by atoms with van der Waals surface area (Å²) in [5.74, 6) is -0.494. The molecule has 0 fully saturated rings. The molecule has 2 aromatic rings. The summed E-state index contributed by atoms with van der Waals surface area (Å²) in [6.45, 7) is 1.88. The number of anilines is 2. The zero-order valence-corrected chi connectivity index (χ0v) is 14.8. The van der Waals surface area contributed by atoms with E-state index < -0.39 is 5.91 Å². The smallest absolute Gasteiger partial charge is 0.267 e. The number of nitrogens with zero attached hydrogens (tertiary/aromatic N) is 1. The summed E-state index contributed by atoms with van der Waals surface area (Å²) in [5, 5.41) is 15.4. The number of carbonyl (C=O) groups excluding carboxylic acids is 1. The van der Waals surface area contributed by atoms with Crippen LogP contribution in [-0.4, -0.2) is 12.2 Å². The van der Waals surface area contributed by atoms with E-state index in [0.29, 0.717) is 10.7 Å². The van der Waals surface area contributed by atoms with Crippen molar-refractivity contribution in [3.05, 3.63) is 64.8 Å². The molecule has 0 aliphatic heterocycles. The molecule has 0 radical (unpaired) electrons. The van der Waals surface area contributed by atoms with Crippen molar-refractivity contribution in [2.75, 3.05) is 16.9 Å². The average molecular weight is 358 g/mol. The van der Waals surface area contributed by atoms with Gasteiger partial charge in [-0.2, -0.15) is 5.26 Å². The molecule has 122 valence electrons. The largest absolute Gasteiger partial charge is 0.360 e. The number of rotatable bonds is 5. The Balaban J connectivity index is 2.10. The van der Waals surface area contributed by atoms with Gasteiger partial charge in [-0.25, -0.2) is 0 Å². The predicted octanol–water partition coefficient (Wildman–Crippen LogP) is 4.83. The number of benzene rings is 2. The number of amides is 1. The first kappa shape index (κ1) is 17.9. The van der Waals surface area contributed by atoms with Crippen molar-refractivity contribution in [1.29, 1.82) is 5.26 Å². The van der Waals surface area contributed by atoms with Gasteiger partial charge in [-0.3, -0.25) is 4.79 Å². The molecule has 0 unspecified atom stereocenters. The third kappa shape index (κ3) is 4.79. The van der Waals surface area contributed by atoms with Crippen LogP contribution in [0.4, 0.5) is 11.4 Å². The Morgan fingerprint density at radius 1 is 1.25 bits per heavy atom. The maximum absolute atomic E-state index is 12.2. The van der Waals surface area contributed by atoms with Crippen molar-refractivity contribution in [1.82, 2.24) is 0 Å². The first-order valence-corrected chi connectivity index (χ1v) is 8.72. The van der Waals surface area contributed by atoms with Crippen molar-refractivity contribution >= 4 is 40.6 Å². The Kier molecular flexibility index (Phi) is 6.30. The van der Waals surface area contributed by atoms with E-state index in [2.05, 4.69) is 10.6 Å². The molecule has 0 heterocycles. The van der Waals surface area contributed by atoms with E-state index in [9.17, 15) is 10.1 Å². The second-order valence-corrected chi connectivity index (χ2v) is 6.25. The molecule has 0 saturated carbocycles. The van der Waals surface area contributed by atoms with Crippen molar-refractivity contribution in [2.24, 2.45) is 0 Å². The van der Waals surface area contributed by atoms with Gasteiger partial charge in [0.2, 0.25) is 0 Å². The molecule has 0 aliphatic rings. The monoisotopic (exact) mass is 357 g/mol. The number of nitriles is 1. The average Bonchev–Trinajstić information content (AvgIpc) is 2.59. The van der Waals surface area contributed by atoms with Gasteiger partial charge < -0.3 is 10.6 Å². The summed E-state index contributed by atoms with van der Waals surface area (Å²) in [5.41, 5.74) is 2.24. The highest BCUT2D eigenvalue weighted by atomic mass is 35.5. The lowest BCUT2D eigenvalue weighted by atomic mass is 10.2. The fourth-order valence-electron chi connectivity index (χ4n) is 1.89. The van der Waals surface area contributed by atoms with Gasteiger partial charge in [0.05, 0.1) is 0 Å². The molecular weight excluding hydrogens is 342 g/mol. The highest BCUT2D eigenvalue weighted by Gasteiger charge is 2.10. The lowest BCUT2D eigenvalue weighted by Gasteiger charge is -2.07. The number of aryl methyl sites for hydroxylation is 1. The van der Waals surface area contributed by atoms with Crippen LogP contribution in [0, 0.1) is 18.3 Å². The fourth-order valence-corrected chi connectivity index (χ4v) is 2.53. The summed E-state index contributed by atoms with van der Waals surface area (Å²) in [4.78, 5) is 13.3. The Hall–Kier alpha value is -2.42. The topological polar surface area (TPSA) is 64.9 Å². The van der Waals surface area contributed by atoms with Gasteiger partial charge in [-0.15, -0.1) is 11.8 Å². The van der Waals surface area contributed by atoms with Crippen molar-refractivity contribution in [3.8, 4) is 6.07 Å². The number of nitrogens with one attached hydrogen (secondary N) is 2. The fraction of sp³-hybridized carbons (Fsp3) is 0.111. The third-order valence-corrected chi connectivity index (χ3v) is 4.38. The molecule has 1 amide bonds. The highest BCUT2D eigenvalue weighted by Crippen LogP contribution is 2.21. The summed E-state index contributed by atoms with van der Waals surface area (Å²) < 4.78 is 0. The molecule has 2 aromatic carbocycles. The van der Waals surface area contributed by atoms with E-state index in [1.54, 1.807) is 30.0 Å². The summed E-state index contributed by atoms with van der Waals surface area (Å²) in [7, 11) is 0. The highest BCUT2D eigenvalue weighted by molar-refractivity contribution is 7.98. The van der Waals surface area contributed by atoms with Crippen LogP contribution in [0.3, 0.4) is 0 Å². The minimum absolute atomic E-state index is 0.0266. The first-order chi connectivity index (χ1) is 11.5. The molecule has 0 aliphatic carbocycles. The molecule has 24 heavy (non-hydrogen) atoms. The second kappa shape index (κ2) is 8.44. The lowest BCUT2D eigenvalue weighted by Crippen LogP contribution is -2.14. The van der Waals surface area contributed by atoms with E-state index in [0.717, 1.165) is 16.1 Å². The molecule has 0 atom stereocenters. The van der Waals surface area contributed by atoms with Crippen molar-refractivity contribution < 1.29 is 4.79 Å². The van der Waals surface area contributed by atoms with Crippen LogP contribution in [0.5, 0.6) is 0 Å². The van der Waals surface area contributed by atoms with Gasteiger partial charge in [0.25, 0.3) is 5.91 Å². The second-order valence-electron chi connectivity index (χ2n) is 4.96. The van der Waals surface area contributed by atoms with Crippen LogP contribution in [-0.2, 0) is 4.79 Å². The SMILES string of the molecule is CSc1cccc(N/C=C(/C#N)C(=O)Nc2ccc(C)c(Cl)c2)c1. The maximum atomic E-state index is 12.2. The van der Waals surface area contributed by atoms with E-state index in [1.807, 2.05) is 43.5 Å². The normalized spacial score (nSPS) is 10.8. The van der Waals surface area contributed by atoms with E-state index in [1.165, 1.54) is 6.20 Å². The quantitative estimate of drug-likeness (QED) is 0.457. The number of halogens is 1. The first-order valence-electron chi connectivity index (χ1n) is 7.12. The van der Waals surface area contributed by atoms with Gasteiger partial charge in [0, 0.05) is 27.5 Å². The van der Waals surface area contributed by atoms with Crippen molar-refractivity contribution in [2.45, 2.75) is 11.8 Å². The molecule has 4 nitrogen and oxygen atoms in total. The van der Waals surface area contributed by atoms with Gasteiger partial charge in [-0.05, 0) is 49.1 Å². The Morgan fingerprint density at radius 3 is 2.71 bits per heavy atom. The number of carbonyl (C=O) groups is 1. The van der Waals surface area contributed by atoms with E-state index >= 15 is 0 Å². The maximum Gasteiger partial charge on any atom is 0.267 e. The van der Waals surface area contributed by atoms with E-state index in [-0.39, 0.29) is 5.57 Å². The van der Waals surface area contributed by atoms with Gasteiger partial charge >= 0.3 is 0 Å². The van der Waals surface area contributed by atoms with Crippen LogP contribution >= 0.6 is 23.4 Å². The molecule has 0 spiro atoms. The standard InChI is InChI=1S/C18H16ClN3OS/c1-12-6-7-15(9-17(12)19)22-18(23)13(10-20)11-21-14-4-3-5-16(8-14)24-2/h3-9,11,21H,1-2H3,(H,22,23)/b13-11-. The number of hydrogen-bond donors (Lipinski definition) is 2. The van der Waals surface area contributed by atoms with Crippen molar-refractivity contribution in [3.63, 3.8) is 0 Å². The summed E-state index contributed by atoms with van der Waals surface area (Å²) in [6, 6.07) is 14.8. The zero-order chi connectivity index (χ0) is 17.5. The summed E-state index contributed by atoms with van der Waals surface area (Å²) in [6.07, 6.45) is 3.38. The molecule has 0 saturated heterocycles. The number of hydrogen-bond acceptors (Lipinski definition) is 4. The predicted molar refractivity (Wildman–Crippen MR) is 100 cm³/mol. The molecule has 6 heteroatoms. The zero-order valence-electron chi connectivity index (χ0n) is 13.3. The molecular formula is C18H16ClN3OS. The Bertz CT molecular complexity index is 827. The van der Waals surface area contributed by atoms with Crippen LogP contribution in [0.15, 0.2) is 59.1 Å². The van der Waals surface area contributed by atoms with Gasteiger partial charge in [-0.1, -0.05) is 23.7 Å².